The maximum atomic E-state index is 12.4. The standard InChI is InChI=1S/C18H22O2S/c1-5-12(2)15-10-11-16(17(15)18(19)21-4)13-6-8-14(20-3)9-7-13/h5-10,12,16-17H,1,11H2,2-4H3. The third-order valence-electron chi connectivity index (χ3n) is 4.25. The molecule has 0 radical (unpaired) electrons. The van der Waals surface area contributed by atoms with Crippen molar-refractivity contribution in [1.29, 1.82) is 0 Å². The summed E-state index contributed by atoms with van der Waals surface area (Å²) in [5.74, 6) is 1.28. The molecule has 3 atom stereocenters. The SMILES string of the molecule is C=CC(C)C1=CCC(c2ccc(OC)cc2)C1C(=O)SC. The number of methoxy groups -OCH3 is 1. The quantitative estimate of drug-likeness (QED) is 0.752. The van der Waals surface area contributed by atoms with Gasteiger partial charge in [0, 0.05) is 5.92 Å². The van der Waals surface area contributed by atoms with Crippen molar-refractivity contribution in [3.05, 3.63) is 54.1 Å². The number of carbonyl (C=O) groups is 1. The summed E-state index contributed by atoms with van der Waals surface area (Å²) in [5, 5.41) is 0.244. The monoisotopic (exact) mass is 302 g/mol. The molecule has 0 aromatic heterocycles. The van der Waals surface area contributed by atoms with Crippen LogP contribution in [0.4, 0.5) is 0 Å². The Morgan fingerprint density at radius 1 is 1.43 bits per heavy atom. The minimum atomic E-state index is -0.0404. The normalized spacial score (nSPS) is 22.5. The summed E-state index contributed by atoms with van der Waals surface area (Å²) in [6.07, 6.45) is 6.92. The van der Waals surface area contributed by atoms with Crippen LogP contribution in [0.1, 0.15) is 24.8 Å². The molecule has 0 aliphatic heterocycles. The van der Waals surface area contributed by atoms with E-state index >= 15 is 0 Å². The Bertz CT molecular complexity index is 545. The van der Waals surface area contributed by atoms with E-state index in [1.165, 1.54) is 22.9 Å². The van der Waals surface area contributed by atoms with Crippen LogP contribution in [0, 0.1) is 11.8 Å². The van der Waals surface area contributed by atoms with E-state index in [2.05, 4.69) is 31.7 Å². The van der Waals surface area contributed by atoms with E-state index in [1.807, 2.05) is 24.5 Å². The second-order valence-electron chi connectivity index (χ2n) is 5.34. The van der Waals surface area contributed by atoms with E-state index in [0.717, 1.165) is 12.2 Å². The number of rotatable bonds is 5. The highest BCUT2D eigenvalue weighted by Crippen LogP contribution is 2.44. The van der Waals surface area contributed by atoms with Crippen LogP contribution < -0.4 is 4.74 Å². The molecule has 0 N–H and O–H groups in total. The minimum Gasteiger partial charge on any atom is -0.497 e. The molecule has 1 aliphatic rings. The fraction of sp³-hybridized carbons (Fsp3) is 0.389. The number of ether oxygens (including phenoxy) is 1. The first-order chi connectivity index (χ1) is 10.1. The maximum Gasteiger partial charge on any atom is 0.196 e. The van der Waals surface area contributed by atoms with Gasteiger partial charge in [-0.15, -0.1) is 6.58 Å². The van der Waals surface area contributed by atoms with Crippen LogP contribution in [-0.4, -0.2) is 18.5 Å². The fourth-order valence-electron chi connectivity index (χ4n) is 2.97. The van der Waals surface area contributed by atoms with Crippen molar-refractivity contribution in [2.45, 2.75) is 19.3 Å². The first-order valence-electron chi connectivity index (χ1n) is 7.16. The molecule has 3 heteroatoms. The summed E-state index contributed by atoms with van der Waals surface area (Å²) in [6, 6.07) is 8.06. The van der Waals surface area contributed by atoms with Gasteiger partial charge < -0.3 is 4.74 Å². The molecule has 0 heterocycles. The minimum absolute atomic E-state index is 0.0404. The number of hydrogen-bond donors (Lipinski definition) is 0. The predicted octanol–water partition coefficient (Wildman–Crippen LogP) is 4.44. The highest BCUT2D eigenvalue weighted by Gasteiger charge is 2.37. The lowest BCUT2D eigenvalue weighted by Gasteiger charge is -2.23. The fourth-order valence-corrected chi connectivity index (χ4v) is 3.52. The van der Waals surface area contributed by atoms with Gasteiger partial charge in [0.1, 0.15) is 5.75 Å². The lowest BCUT2D eigenvalue weighted by Crippen LogP contribution is -2.20. The van der Waals surface area contributed by atoms with Crippen molar-refractivity contribution in [2.75, 3.05) is 13.4 Å². The second-order valence-corrected chi connectivity index (χ2v) is 6.16. The van der Waals surface area contributed by atoms with Crippen LogP contribution in [0.5, 0.6) is 5.75 Å². The van der Waals surface area contributed by atoms with Gasteiger partial charge in [-0.3, -0.25) is 4.79 Å². The molecular formula is C18H22O2S. The van der Waals surface area contributed by atoms with E-state index in [4.69, 9.17) is 4.74 Å². The van der Waals surface area contributed by atoms with Crippen LogP contribution >= 0.6 is 11.8 Å². The average molecular weight is 302 g/mol. The molecule has 2 nitrogen and oxygen atoms in total. The molecule has 0 spiro atoms. The van der Waals surface area contributed by atoms with Gasteiger partial charge in [-0.25, -0.2) is 0 Å². The Hall–Kier alpha value is -1.48. The molecule has 0 bridgehead atoms. The molecule has 1 aromatic rings. The smallest absolute Gasteiger partial charge is 0.196 e. The van der Waals surface area contributed by atoms with E-state index in [0.29, 0.717) is 0 Å². The Labute approximate surface area is 131 Å². The Morgan fingerprint density at radius 2 is 2.10 bits per heavy atom. The summed E-state index contributed by atoms with van der Waals surface area (Å²) < 4.78 is 5.21. The van der Waals surface area contributed by atoms with Gasteiger partial charge in [0.15, 0.2) is 5.12 Å². The summed E-state index contributed by atoms with van der Waals surface area (Å²) in [7, 11) is 1.66. The summed E-state index contributed by atoms with van der Waals surface area (Å²) in [5.41, 5.74) is 2.41. The van der Waals surface area contributed by atoms with E-state index < -0.39 is 0 Å². The third kappa shape index (κ3) is 3.24. The van der Waals surface area contributed by atoms with Crippen molar-refractivity contribution in [1.82, 2.24) is 0 Å². The first kappa shape index (κ1) is 15.9. The molecule has 1 aromatic carbocycles. The largest absolute Gasteiger partial charge is 0.497 e. The van der Waals surface area contributed by atoms with Crippen LogP contribution in [0.2, 0.25) is 0 Å². The van der Waals surface area contributed by atoms with Gasteiger partial charge in [-0.05, 0) is 36.3 Å². The molecule has 0 saturated carbocycles. The Balaban J connectivity index is 2.30. The lowest BCUT2D eigenvalue weighted by molar-refractivity contribution is -0.113. The van der Waals surface area contributed by atoms with Crippen molar-refractivity contribution in [3.8, 4) is 5.75 Å². The molecule has 0 amide bonds. The molecule has 112 valence electrons. The number of hydrogen-bond acceptors (Lipinski definition) is 3. The van der Waals surface area contributed by atoms with Crippen molar-refractivity contribution in [2.24, 2.45) is 11.8 Å². The summed E-state index contributed by atoms with van der Waals surface area (Å²) in [4.78, 5) is 12.4. The van der Waals surface area contributed by atoms with E-state index in [9.17, 15) is 4.79 Å². The van der Waals surface area contributed by atoms with Gasteiger partial charge in [0.2, 0.25) is 0 Å². The molecule has 0 saturated heterocycles. The lowest BCUT2D eigenvalue weighted by atomic mass is 9.82. The zero-order valence-corrected chi connectivity index (χ0v) is 13.7. The van der Waals surface area contributed by atoms with Crippen LogP contribution in [0.3, 0.4) is 0 Å². The molecule has 21 heavy (non-hydrogen) atoms. The summed E-state index contributed by atoms with van der Waals surface area (Å²) in [6.45, 7) is 5.98. The van der Waals surface area contributed by atoms with E-state index in [-0.39, 0.29) is 22.9 Å². The number of thioether (sulfide) groups is 1. The van der Waals surface area contributed by atoms with Gasteiger partial charge in [0.25, 0.3) is 0 Å². The average Bonchev–Trinajstić information content (AvgIpc) is 2.98. The number of carbonyl (C=O) groups excluding carboxylic acids is 1. The molecule has 3 unspecified atom stereocenters. The van der Waals surface area contributed by atoms with Gasteiger partial charge in [0.05, 0.1) is 13.0 Å². The van der Waals surface area contributed by atoms with Crippen LogP contribution in [0.15, 0.2) is 48.6 Å². The summed E-state index contributed by atoms with van der Waals surface area (Å²) >= 11 is 1.32. The molecule has 1 aliphatic carbocycles. The third-order valence-corrected chi connectivity index (χ3v) is 4.90. The van der Waals surface area contributed by atoms with Gasteiger partial charge in [-0.2, -0.15) is 0 Å². The van der Waals surface area contributed by atoms with Crippen LogP contribution in [0.25, 0.3) is 0 Å². The van der Waals surface area contributed by atoms with Crippen molar-refractivity contribution >= 4 is 16.9 Å². The van der Waals surface area contributed by atoms with Crippen molar-refractivity contribution < 1.29 is 9.53 Å². The number of benzene rings is 1. The zero-order chi connectivity index (χ0) is 15.4. The number of allylic oxidation sites excluding steroid dienone is 3. The zero-order valence-electron chi connectivity index (χ0n) is 12.8. The van der Waals surface area contributed by atoms with E-state index in [1.54, 1.807) is 7.11 Å². The topological polar surface area (TPSA) is 26.3 Å². The Morgan fingerprint density at radius 3 is 2.62 bits per heavy atom. The Kier molecular flexibility index (Phi) is 5.29. The van der Waals surface area contributed by atoms with Crippen LogP contribution in [-0.2, 0) is 4.79 Å². The second kappa shape index (κ2) is 6.99. The maximum absolute atomic E-state index is 12.4. The van der Waals surface area contributed by atoms with Crippen molar-refractivity contribution in [3.63, 3.8) is 0 Å². The van der Waals surface area contributed by atoms with Gasteiger partial charge in [-0.1, -0.05) is 48.5 Å². The van der Waals surface area contributed by atoms with Gasteiger partial charge >= 0.3 is 0 Å². The highest BCUT2D eigenvalue weighted by molar-refractivity contribution is 8.13. The molecule has 0 fully saturated rings. The molecule has 2 rings (SSSR count). The molecular weight excluding hydrogens is 280 g/mol. The highest BCUT2D eigenvalue weighted by atomic mass is 32.2. The first-order valence-corrected chi connectivity index (χ1v) is 8.39. The predicted molar refractivity (Wildman–Crippen MR) is 89.8 cm³/mol.